The molecule has 0 saturated heterocycles. The predicted octanol–water partition coefficient (Wildman–Crippen LogP) is 6.85. The van der Waals surface area contributed by atoms with E-state index in [0.717, 1.165) is 29.3 Å². The van der Waals surface area contributed by atoms with Gasteiger partial charge < -0.3 is 5.11 Å². The Labute approximate surface area is 225 Å². The van der Waals surface area contributed by atoms with Crippen LogP contribution in [0.5, 0.6) is 0 Å². The largest absolute Gasteiger partial charge is 0.417 e. The molecule has 3 aromatic carbocycles. The minimum Gasteiger partial charge on any atom is -0.380 e. The first kappa shape index (κ1) is 26.8. The van der Waals surface area contributed by atoms with E-state index >= 15 is 4.39 Å². The van der Waals surface area contributed by atoms with Gasteiger partial charge in [-0.15, -0.1) is 0 Å². The molecule has 200 valence electrons. The molecular weight excluding hydrogens is 536 g/mol. The normalized spacial score (nSPS) is 14.1. The van der Waals surface area contributed by atoms with Gasteiger partial charge in [0.2, 0.25) is 0 Å². The maximum atomic E-state index is 15.4. The summed E-state index contributed by atoms with van der Waals surface area (Å²) in [5, 5.41) is 14.4. The van der Waals surface area contributed by atoms with Crippen LogP contribution in [0, 0.1) is 5.82 Å². The second-order valence-electron chi connectivity index (χ2n) is 9.23. The highest BCUT2D eigenvalue weighted by Gasteiger charge is 2.38. The quantitative estimate of drug-likeness (QED) is 0.216. The maximum Gasteiger partial charge on any atom is 0.417 e. The van der Waals surface area contributed by atoms with Crippen LogP contribution in [-0.4, -0.2) is 26.6 Å². The molecule has 4 aromatic rings. The van der Waals surface area contributed by atoms with E-state index in [4.69, 9.17) is 11.6 Å². The minimum absolute atomic E-state index is 0.0133. The summed E-state index contributed by atoms with van der Waals surface area (Å²) in [6, 6.07) is 14.9. The van der Waals surface area contributed by atoms with Crippen molar-refractivity contribution in [3.8, 4) is 11.3 Å². The van der Waals surface area contributed by atoms with Crippen LogP contribution in [0.15, 0.2) is 66.7 Å². The van der Waals surface area contributed by atoms with Crippen molar-refractivity contribution < 1.29 is 32.3 Å². The molecule has 0 bridgehead atoms. The molecule has 5 rings (SSSR count). The van der Waals surface area contributed by atoms with E-state index in [1.165, 1.54) is 18.2 Å². The van der Waals surface area contributed by atoms with Crippen LogP contribution < -0.4 is 0 Å². The van der Waals surface area contributed by atoms with Gasteiger partial charge in [0.05, 0.1) is 27.5 Å². The Balaban J connectivity index is 1.56. The van der Waals surface area contributed by atoms with Gasteiger partial charge >= 0.3 is 6.18 Å². The standard InChI is InChI=1S/C29H21ClF4N2O3/c30-21-11-6-10-20(29(32,33)34)24(21)28(39)36-23-12-5-4-9-19(23)25(35-36)18-14-13-17(15-22(18)31)27(38)26(37)16-7-2-1-3-8-16/h1-3,6-8,10-11,13-15,26,37H,4-5,9,12H2. The predicted molar refractivity (Wildman–Crippen MR) is 136 cm³/mol. The number of nitrogens with zero attached hydrogens (tertiary/aromatic N) is 2. The third-order valence-corrected chi connectivity index (χ3v) is 7.09. The maximum absolute atomic E-state index is 15.4. The minimum atomic E-state index is -4.83. The van der Waals surface area contributed by atoms with Crippen molar-refractivity contribution in [1.29, 1.82) is 0 Å². The summed E-state index contributed by atoms with van der Waals surface area (Å²) < 4.78 is 57.4. The number of aliphatic hydroxyl groups excluding tert-OH is 1. The van der Waals surface area contributed by atoms with E-state index in [0.29, 0.717) is 36.1 Å². The molecule has 0 fully saturated rings. The van der Waals surface area contributed by atoms with Crippen LogP contribution in [0.4, 0.5) is 17.6 Å². The zero-order valence-electron chi connectivity index (χ0n) is 20.3. The average molecular weight is 557 g/mol. The summed E-state index contributed by atoms with van der Waals surface area (Å²) >= 11 is 6.05. The zero-order chi connectivity index (χ0) is 27.9. The molecule has 0 spiro atoms. The Morgan fingerprint density at radius 2 is 1.69 bits per heavy atom. The number of hydrogen-bond acceptors (Lipinski definition) is 4. The van der Waals surface area contributed by atoms with Crippen molar-refractivity contribution in [2.24, 2.45) is 0 Å². The molecule has 0 radical (unpaired) electrons. The molecule has 1 aliphatic rings. The number of halogens is 5. The van der Waals surface area contributed by atoms with E-state index in [9.17, 15) is 27.9 Å². The Morgan fingerprint density at radius 1 is 0.974 bits per heavy atom. The molecular formula is C29H21ClF4N2O3. The van der Waals surface area contributed by atoms with Gasteiger partial charge in [0.1, 0.15) is 11.9 Å². The smallest absolute Gasteiger partial charge is 0.380 e. The van der Waals surface area contributed by atoms with E-state index in [2.05, 4.69) is 5.10 Å². The molecule has 1 N–H and O–H groups in total. The van der Waals surface area contributed by atoms with Gasteiger partial charge in [-0.25, -0.2) is 4.39 Å². The number of aliphatic hydroxyl groups is 1. The summed E-state index contributed by atoms with van der Waals surface area (Å²) in [6.45, 7) is 0. The number of fused-ring (bicyclic) bond motifs is 1. The number of rotatable bonds is 5. The molecule has 0 amide bonds. The van der Waals surface area contributed by atoms with Crippen molar-refractivity contribution >= 4 is 23.3 Å². The van der Waals surface area contributed by atoms with E-state index < -0.39 is 40.9 Å². The topological polar surface area (TPSA) is 72.2 Å². The van der Waals surface area contributed by atoms with Crippen LogP contribution in [0.3, 0.4) is 0 Å². The molecule has 1 heterocycles. The number of carbonyl (C=O) groups is 2. The Hall–Kier alpha value is -3.82. The van der Waals surface area contributed by atoms with Crippen molar-refractivity contribution in [2.75, 3.05) is 0 Å². The summed E-state index contributed by atoms with van der Waals surface area (Å²) in [5.74, 6) is -2.58. The average Bonchev–Trinajstić information content (AvgIpc) is 3.31. The van der Waals surface area contributed by atoms with Crippen LogP contribution in [-0.2, 0) is 19.0 Å². The van der Waals surface area contributed by atoms with Gasteiger partial charge in [-0.1, -0.05) is 54.1 Å². The molecule has 0 aliphatic heterocycles. The number of ketones is 1. The van der Waals surface area contributed by atoms with Crippen LogP contribution >= 0.6 is 11.6 Å². The Bertz CT molecular complexity index is 1580. The number of Topliss-reactive ketones (excluding diaryl/α,β-unsaturated/α-hetero) is 1. The van der Waals surface area contributed by atoms with E-state index in [1.54, 1.807) is 30.3 Å². The van der Waals surface area contributed by atoms with Crippen molar-refractivity contribution in [1.82, 2.24) is 9.78 Å². The second kappa shape index (κ2) is 10.4. The van der Waals surface area contributed by atoms with Crippen molar-refractivity contribution in [2.45, 2.75) is 38.0 Å². The van der Waals surface area contributed by atoms with E-state index in [1.807, 2.05) is 0 Å². The SMILES string of the molecule is O=C(c1ccc(-c2nn(C(=O)c3c(Cl)cccc3C(F)(F)F)c3c2CCCC3)c(F)c1)C(O)c1ccccc1. The van der Waals surface area contributed by atoms with Gasteiger partial charge in [-0.05, 0) is 55.5 Å². The fourth-order valence-corrected chi connectivity index (χ4v) is 5.13. The highest BCUT2D eigenvalue weighted by molar-refractivity contribution is 6.34. The number of hydrogen-bond donors (Lipinski definition) is 1. The fraction of sp³-hybridized carbons (Fsp3) is 0.207. The molecule has 1 aromatic heterocycles. The lowest BCUT2D eigenvalue weighted by molar-refractivity contribution is -0.137. The van der Waals surface area contributed by atoms with Gasteiger partial charge in [0, 0.05) is 16.7 Å². The van der Waals surface area contributed by atoms with Crippen molar-refractivity contribution in [3.05, 3.63) is 111 Å². The fourth-order valence-electron chi connectivity index (χ4n) is 4.87. The Kier molecular flexibility index (Phi) is 7.13. The number of benzene rings is 3. The van der Waals surface area contributed by atoms with Crippen LogP contribution in [0.1, 0.15) is 62.0 Å². The summed E-state index contributed by atoms with van der Waals surface area (Å²) in [4.78, 5) is 26.2. The second-order valence-corrected chi connectivity index (χ2v) is 9.64. The summed E-state index contributed by atoms with van der Waals surface area (Å²) in [5.41, 5.74) is -0.581. The molecule has 5 nitrogen and oxygen atoms in total. The first-order chi connectivity index (χ1) is 18.6. The van der Waals surface area contributed by atoms with E-state index in [-0.39, 0.29) is 21.8 Å². The summed E-state index contributed by atoms with van der Waals surface area (Å²) in [7, 11) is 0. The molecule has 1 aliphatic carbocycles. The first-order valence-corrected chi connectivity index (χ1v) is 12.5. The molecule has 10 heteroatoms. The molecule has 1 atom stereocenters. The number of alkyl halides is 3. The number of carbonyl (C=O) groups excluding carboxylic acids is 2. The molecule has 1 unspecified atom stereocenters. The van der Waals surface area contributed by atoms with Gasteiger partial charge in [0.25, 0.3) is 5.91 Å². The molecule has 0 saturated carbocycles. The van der Waals surface area contributed by atoms with Crippen LogP contribution in [0.25, 0.3) is 11.3 Å². The first-order valence-electron chi connectivity index (χ1n) is 12.2. The highest BCUT2D eigenvalue weighted by Crippen LogP contribution is 2.38. The van der Waals surface area contributed by atoms with Gasteiger partial charge in [-0.2, -0.15) is 23.0 Å². The summed E-state index contributed by atoms with van der Waals surface area (Å²) in [6.07, 6.45) is -4.11. The Morgan fingerprint density at radius 3 is 2.38 bits per heavy atom. The lowest BCUT2D eigenvalue weighted by Crippen LogP contribution is -2.22. The van der Waals surface area contributed by atoms with Gasteiger partial charge in [-0.3, -0.25) is 9.59 Å². The van der Waals surface area contributed by atoms with Crippen LogP contribution in [0.2, 0.25) is 5.02 Å². The monoisotopic (exact) mass is 556 g/mol. The number of aromatic nitrogens is 2. The third kappa shape index (κ3) is 4.99. The zero-order valence-corrected chi connectivity index (χ0v) is 21.1. The van der Waals surface area contributed by atoms with Gasteiger partial charge in [0.15, 0.2) is 5.78 Å². The third-order valence-electron chi connectivity index (χ3n) is 6.78. The lowest BCUT2D eigenvalue weighted by Gasteiger charge is -2.16. The van der Waals surface area contributed by atoms with Crippen molar-refractivity contribution in [3.63, 3.8) is 0 Å². The molecule has 39 heavy (non-hydrogen) atoms. The lowest BCUT2D eigenvalue weighted by atomic mass is 9.92. The highest BCUT2D eigenvalue weighted by atomic mass is 35.5.